The Kier molecular flexibility index (Phi) is 10.3. The number of likely N-dealkylation sites (tertiary alicyclic amines) is 1. The Morgan fingerprint density at radius 2 is 2.00 bits per heavy atom. The van der Waals surface area contributed by atoms with E-state index in [0.717, 1.165) is 38.7 Å². The minimum absolute atomic E-state index is 0. The first kappa shape index (κ1) is 20.2. The smallest absolute Gasteiger partial charge is 0.191 e. The fraction of sp³-hybridized carbons (Fsp3) is 0.750. The highest BCUT2D eigenvalue weighted by Crippen LogP contribution is 2.07. The zero-order valence-electron chi connectivity index (χ0n) is 14.4. The standard InChI is InChI=1S/C16H30N6.HI/c1-3-17-16(18-7-11-21-9-5-4-6-10-21)19-8-12-22-14-15(2)13-20-22;/h13-14H,3-12H2,1-2H3,(H2,17,18,19);1H. The second-order valence-electron chi connectivity index (χ2n) is 5.87. The largest absolute Gasteiger partial charge is 0.357 e. The van der Waals surface area contributed by atoms with E-state index in [1.54, 1.807) is 0 Å². The van der Waals surface area contributed by atoms with Gasteiger partial charge in [0.1, 0.15) is 0 Å². The molecule has 0 radical (unpaired) electrons. The van der Waals surface area contributed by atoms with Crippen LogP contribution in [0.1, 0.15) is 31.7 Å². The molecule has 2 heterocycles. The minimum Gasteiger partial charge on any atom is -0.357 e. The van der Waals surface area contributed by atoms with Crippen molar-refractivity contribution in [1.29, 1.82) is 0 Å². The van der Waals surface area contributed by atoms with Gasteiger partial charge in [0, 0.05) is 25.8 Å². The van der Waals surface area contributed by atoms with Crippen LogP contribution in [0.4, 0.5) is 0 Å². The summed E-state index contributed by atoms with van der Waals surface area (Å²) in [5, 5.41) is 11.0. The highest BCUT2D eigenvalue weighted by atomic mass is 127. The lowest BCUT2D eigenvalue weighted by atomic mass is 10.1. The third kappa shape index (κ3) is 8.01. The summed E-state index contributed by atoms with van der Waals surface area (Å²) in [5.41, 5.74) is 1.20. The van der Waals surface area contributed by atoms with Crippen LogP contribution in [-0.4, -0.2) is 59.9 Å². The molecule has 0 amide bonds. The summed E-state index contributed by atoms with van der Waals surface area (Å²) in [7, 11) is 0. The van der Waals surface area contributed by atoms with Crippen molar-refractivity contribution in [3.63, 3.8) is 0 Å². The van der Waals surface area contributed by atoms with Crippen molar-refractivity contribution < 1.29 is 0 Å². The SMILES string of the molecule is CCNC(=NCCN1CCCCC1)NCCn1cc(C)cn1.I. The molecule has 1 aromatic heterocycles. The number of guanidine groups is 1. The van der Waals surface area contributed by atoms with E-state index in [-0.39, 0.29) is 24.0 Å². The second kappa shape index (κ2) is 11.7. The summed E-state index contributed by atoms with van der Waals surface area (Å²) in [5.74, 6) is 0.906. The van der Waals surface area contributed by atoms with Crippen LogP contribution in [0.15, 0.2) is 17.4 Å². The first-order valence-corrected chi connectivity index (χ1v) is 8.51. The molecule has 0 bridgehead atoms. The van der Waals surface area contributed by atoms with Crippen LogP contribution in [0.25, 0.3) is 0 Å². The van der Waals surface area contributed by atoms with Crippen molar-refractivity contribution >= 4 is 29.9 Å². The normalized spacial score (nSPS) is 16.0. The molecule has 1 saturated heterocycles. The van der Waals surface area contributed by atoms with Crippen molar-refractivity contribution in [2.24, 2.45) is 4.99 Å². The molecule has 7 heteroatoms. The van der Waals surface area contributed by atoms with Gasteiger partial charge in [0.15, 0.2) is 5.96 Å². The molecule has 0 saturated carbocycles. The summed E-state index contributed by atoms with van der Waals surface area (Å²) >= 11 is 0. The Bertz CT molecular complexity index is 453. The average molecular weight is 434 g/mol. The van der Waals surface area contributed by atoms with Gasteiger partial charge < -0.3 is 15.5 Å². The molecule has 0 spiro atoms. The summed E-state index contributed by atoms with van der Waals surface area (Å²) in [6.07, 6.45) is 8.01. The minimum atomic E-state index is 0. The van der Waals surface area contributed by atoms with Crippen LogP contribution in [-0.2, 0) is 6.54 Å². The molecule has 1 aliphatic rings. The molecular formula is C16H31IN6. The number of nitrogens with one attached hydrogen (secondary N) is 2. The van der Waals surface area contributed by atoms with E-state index in [4.69, 9.17) is 0 Å². The van der Waals surface area contributed by atoms with Crippen molar-refractivity contribution in [2.75, 3.05) is 39.3 Å². The van der Waals surface area contributed by atoms with Gasteiger partial charge in [-0.1, -0.05) is 6.42 Å². The number of halogens is 1. The Balaban J connectivity index is 0.00000264. The van der Waals surface area contributed by atoms with Gasteiger partial charge >= 0.3 is 0 Å². The maximum Gasteiger partial charge on any atom is 0.191 e. The van der Waals surface area contributed by atoms with Gasteiger partial charge in [0.25, 0.3) is 0 Å². The van der Waals surface area contributed by atoms with E-state index in [2.05, 4.69) is 45.7 Å². The lowest BCUT2D eigenvalue weighted by Gasteiger charge is -2.25. The van der Waals surface area contributed by atoms with Gasteiger partial charge in [-0.25, -0.2) is 0 Å². The highest BCUT2D eigenvalue weighted by Gasteiger charge is 2.08. The van der Waals surface area contributed by atoms with Crippen LogP contribution in [0, 0.1) is 6.92 Å². The zero-order valence-corrected chi connectivity index (χ0v) is 16.8. The third-order valence-electron chi connectivity index (χ3n) is 3.87. The number of rotatable bonds is 7. The molecule has 23 heavy (non-hydrogen) atoms. The Morgan fingerprint density at radius 1 is 1.22 bits per heavy atom. The fourth-order valence-corrected chi connectivity index (χ4v) is 2.71. The predicted molar refractivity (Wildman–Crippen MR) is 107 cm³/mol. The highest BCUT2D eigenvalue weighted by molar-refractivity contribution is 14.0. The van der Waals surface area contributed by atoms with Crippen molar-refractivity contribution in [3.8, 4) is 0 Å². The maximum absolute atomic E-state index is 4.67. The molecule has 2 rings (SSSR count). The van der Waals surface area contributed by atoms with Crippen LogP contribution in [0.3, 0.4) is 0 Å². The summed E-state index contributed by atoms with van der Waals surface area (Å²) in [6.45, 7) is 11.1. The number of aryl methyl sites for hydroxylation is 1. The molecule has 2 N–H and O–H groups in total. The van der Waals surface area contributed by atoms with Gasteiger partial charge in [0.2, 0.25) is 0 Å². The molecule has 1 fully saturated rings. The Morgan fingerprint density at radius 3 is 2.65 bits per heavy atom. The molecule has 0 unspecified atom stereocenters. The van der Waals surface area contributed by atoms with E-state index in [1.165, 1.54) is 37.9 Å². The third-order valence-corrected chi connectivity index (χ3v) is 3.87. The first-order chi connectivity index (χ1) is 10.8. The number of piperidine rings is 1. The number of aromatic nitrogens is 2. The topological polar surface area (TPSA) is 57.5 Å². The van der Waals surface area contributed by atoms with Gasteiger partial charge in [-0.2, -0.15) is 5.10 Å². The lowest BCUT2D eigenvalue weighted by Crippen LogP contribution is -2.40. The fourth-order valence-electron chi connectivity index (χ4n) is 2.71. The van der Waals surface area contributed by atoms with Crippen LogP contribution in [0.5, 0.6) is 0 Å². The van der Waals surface area contributed by atoms with Crippen LogP contribution >= 0.6 is 24.0 Å². The lowest BCUT2D eigenvalue weighted by molar-refractivity contribution is 0.235. The quantitative estimate of drug-likeness (QED) is 0.391. The summed E-state index contributed by atoms with van der Waals surface area (Å²) in [6, 6.07) is 0. The van der Waals surface area contributed by atoms with Crippen LogP contribution in [0.2, 0.25) is 0 Å². The van der Waals surface area contributed by atoms with Crippen LogP contribution < -0.4 is 10.6 Å². The van der Waals surface area contributed by atoms with E-state index in [1.807, 2.05) is 10.9 Å². The zero-order chi connectivity index (χ0) is 15.6. The van der Waals surface area contributed by atoms with Crippen molar-refractivity contribution in [1.82, 2.24) is 25.3 Å². The van der Waals surface area contributed by atoms with E-state index in [0.29, 0.717) is 0 Å². The van der Waals surface area contributed by atoms with Gasteiger partial charge in [-0.05, 0) is 45.3 Å². The van der Waals surface area contributed by atoms with Crippen molar-refractivity contribution in [3.05, 3.63) is 18.0 Å². The molecule has 6 nitrogen and oxygen atoms in total. The van der Waals surface area contributed by atoms with Gasteiger partial charge in [0.05, 0.1) is 19.3 Å². The number of hydrogen-bond acceptors (Lipinski definition) is 3. The van der Waals surface area contributed by atoms with E-state index < -0.39 is 0 Å². The monoisotopic (exact) mass is 434 g/mol. The number of hydrogen-bond donors (Lipinski definition) is 2. The molecule has 1 aromatic rings. The second-order valence-corrected chi connectivity index (χ2v) is 5.87. The van der Waals surface area contributed by atoms with E-state index in [9.17, 15) is 0 Å². The van der Waals surface area contributed by atoms with E-state index >= 15 is 0 Å². The summed E-state index contributed by atoms with van der Waals surface area (Å²) in [4.78, 5) is 7.18. The Labute approximate surface area is 157 Å². The average Bonchev–Trinajstić information content (AvgIpc) is 2.94. The molecule has 0 atom stereocenters. The Hall–Kier alpha value is -0.830. The van der Waals surface area contributed by atoms with Gasteiger partial charge in [-0.15, -0.1) is 24.0 Å². The number of nitrogens with zero attached hydrogens (tertiary/aromatic N) is 4. The predicted octanol–water partition coefficient (Wildman–Crippen LogP) is 1.85. The summed E-state index contributed by atoms with van der Waals surface area (Å²) < 4.78 is 1.96. The molecule has 0 aliphatic carbocycles. The maximum atomic E-state index is 4.67. The molecular weight excluding hydrogens is 403 g/mol. The van der Waals surface area contributed by atoms with Gasteiger partial charge in [-0.3, -0.25) is 9.67 Å². The first-order valence-electron chi connectivity index (χ1n) is 8.51. The number of aliphatic imine (C=N–C) groups is 1. The molecule has 0 aromatic carbocycles. The van der Waals surface area contributed by atoms with Crippen molar-refractivity contribution in [2.45, 2.75) is 39.7 Å². The molecule has 1 aliphatic heterocycles. The molecule has 132 valence electrons.